The Morgan fingerprint density at radius 2 is 1.69 bits per heavy atom. The van der Waals surface area contributed by atoms with Crippen molar-refractivity contribution in [1.29, 1.82) is 0 Å². The molecule has 1 atom stereocenters. The van der Waals surface area contributed by atoms with Crippen molar-refractivity contribution in [2.45, 2.75) is 20.3 Å². The summed E-state index contributed by atoms with van der Waals surface area (Å²) in [5.41, 5.74) is 2.93. The summed E-state index contributed by atoms with van der Waals surface area (Å²) in [6, 6.07) is 17.4. The van der Waals surface area contributed by atoms with Crippen molar-refractivity contribution in [3.8, 4) is 0 Å². The molecule has 2 aliphatic rings. The van der Waals surface area contributed by atoms with Crippen LogP contribution in [0, 0.1) is 19.8 Å². The van der Waals surface area contributed by atoms with Gasteiger partial charge in [-0.1, -0.05) is 23.8 Å². The molecule has 1 unspecified atom stereocenters. The number of hydrogen-bond acceptors (Lipinski definition) is 7. The fourth-order valence-corrected chi connectivity index (χ4v) is 4.57. The van der Waals surface area contributed by atoms with Gasteiger partial charge in [-0.05, 0) is 50.2 Å². The van der Waals surface area contributed by atoms with Crippen LogP contribution in [-0.4, -0.2) is 64.6 Å². The standard InChI is InChI=1S/C26H29N7O2/c1-18-6-8-21(9-7-18)33-17-20(16-25(33)34)26(35)32-14-12-31(13-15-32)24-11-10-23(29-30-24)28-22-5-3-4-19(2)27-22/h3-11,20H,12-17H2,1-2H3,(H,27,28,29). The third kappa shape index (κ3) is 5.08. The van der Waals surface area contributed by atoms with Crippen molar-refractivity contribution in [2.24, 2.45) is 5.92 Å². The van der Waals surface area contributed by atoms with E-state index < -0.39 is 0 Å². The average molecular weight is 472 g/mol. The van der Waals surface area contributed by atoms with E-state index in [2.05, 4.69) is 25.4 Å². The minimum Gasteiger partial charge on any atom is -0.352 e. The van der Waals surface area contributed by atoms with Crippen molar-refractivity contribution in [1.82, 2.24) is 20.1 Å². The van der Waals surface area contributed by atoms with Gasteiger partial charge in [-0.25, -0.2) is 4.98 Å². The van der Waals surface area contributed by atoms with E-state index >= 15 is 0 Å². The zero-order valence-electron chi connectivity index (χ0n) is 20.0. The minimum absolute atomic E-state index is 0.00989. The first-order chi connectivity index (χ1) is 17.0. The molecule has 2 saturated heterocycles. The van der Waals surface area contributed by atoms with E-state index in [0.29, 0.717) is 38.5 Å². The monoisotopic (exact) mass is 471 g/mol. The molecule has 0 spiro atoms. The lowest BCUT2D eigenvalue weighted by Crippen LogP contribution is -2.51. The predicted octanol–water partition coefficient (Wildman–Crippen LogP) is 2.93. The molecule has 9 nitrogen and oxygen atoms in total. The van der Waals surface area contributed by atoms with Crippen LogP contribution in [0.1, 0.15) is 17.7 Å². The van der Waals surface area contributed by atoms with Gasteiger partial charge < -0.3 is 20.0 Å². The van der Waals surface area contributed by atoms with Crippen LogP contribution in [0.4, 0.5) is 23.1 Å². The molecule has 2 fully saturated rings. The Hall–Kier alpha value is -4.01. The summed E-state index contributed by atoms with van der Waals surface area (Å²) in [6.45, 7) is 6.95. The number of benzene rings is 1. The van der Waals surface area contributed by atoms with Gasteiger partial charge in [0.15, 0.2) is 11.6 Å². The van der Waals surface area contributed by atoms with E-state index in [-0.39, 0.29) is 24.2 Å². The number of hydrogen-bond donors (Lipinski definition) is 1. The molecule has 3 aromatic rings. The number of carbonyl (C=O) groups excluding carboxylic acids is 2. The van der Waals surface area contributed by atoms with Gasteiger partial charge in [0.05, 0.1) is 5.92 Å². The Labute approximate surface area is 204 Å². The van der Waals surface area contributed by atoms with Crippen LogP contribution in [0.25, 0.3) is 0 Å². The van der Waals surface area contributed by atoms with Gasteiger partial charge in [-0.3, -0.25) is 9.59 Å². The number of rotatable bonds is 5. The number of nitrogens with one attached hydrogen (secondary N) is 1. The first-order valence-corrected chi connectivity index (χ1v) is 11.9. The van der Waals surface area contributed by atoms with Gasteiger partial charge in [0.25, 0.3) is 0 Å². The number of aryl methyl sites for hydroxylation is 2. The van der Waals surface area contributed by atoms with Gasteiger partial charge in [0, 0.05) is 50.5 Å². The summed E-state index contributed by atoms with van der Waals surface area (Å²) >= 11 is 0. The maximum atomic E-state index is 13.1. The van der Waals surface area contributed by atoms with Crippen LogP contribution in [0.15, 0.2) is 54.6 Å². The Balaban J connectivity index is 1.15. The van der Waals surface area contributed by atoms with E-state index in [0.717, 1.165) is 28.6 Å². The maximum Gasteiger partial charge on any atom is 0.228 e. The first-order valence-electron chi connectivity index (χ1n) is 11.9. The number of pyridine rings is 1. The van der Waals surface area contributed by atoms with Crippen LogP contribution in [0.2, 0.25) is 0 Å². The summed E-state index contributed by atoms with van der Waals surface area (Å²) in [4.78, 5) is 35.9. The average Bonchev–Trinajstić information content (AvgIpc) is 3.26. The van der Waals surface area contributed by atoms with Gasteiger partial charge >= 0.3 is 0 Å². The summed E-state index contributed by atoms with van der Waals surface area (Å²) in [5, 5.41) is 11.8. The Morgan fingerprint density at radius 1 is 0.914 bits per heavy atom. The summed E-state index contributed by atoms with van der Waals surface area (Å²) in [5.74, 6) is 1.91. The molecule has 0 saturated carbocycles. The zero-order valence-corrected chi connectivity index (χ0v) is 20.0. The molecule has 2 aromatic heterocycles. The molecular weight excluding hydrogens is 442 g/mol. The SMILES string of the molecule is Cc1ccc(N2CC(C(=O)N3CCN(c4ccc(Nc5cccc(C)n5)nn4)CC3)CC2=O)cc1. The van der Waals surface area contributed by atoms with Crippen LogP contribution in [0.3, 0.4) is 0 Å². The van der Waals surface area contributed by atoms with E-state index in [1.54, 1.807) is 4.90 Å². The molecule has 2 aliphatic heterocycles. The Bertz CT molecular complexity index is 1210. The first kappa shape index (κ1) is 22.8. The Morgan fingerprint density at radius 3 is 2.37 bits per heavy atom. The minimum atomic E-state index is -0.296. The second-order valence-electron chi connectivity index (χ2n) is 9.12. The van der Waals surface area contributed by atoms with E-state index in [1.165, 1.54) is 0 Å². The van der Waals surface area contributed by atoms with E-state index in [9.17, 15) is 9.59 Å². The predicted molar refractivity (Wildman–Crippen MR) is 135 cm³/mol. The van der Waals surface area contributed by atoms with Gasteiger partial charge in [0.2, 0.25) is 11.8 Å². The maximum absolute atomic E-state index is 13.1. The lowest BCUT2D eigenvalue weighted by Gasteiger charge is -2.36. The van der Waals surface area contributed by atoms with E-state index in [1.807, 2.05) is 73.3 Å². The third-order valence-electron chi connectivity index (χ3n) is 6.53. The van der Waals surface area contributed by atoms with Crippen LogP contribution in [-0.2, 0) is 9.59 Å². The largest absolute Gasteiger partial charge is 0.352 e. The molecule has 5 rings (SSSR count). The van der Waals surface area contributed by atoms with Gasteiger partial charge in [-0.15, -0.1) is 10.2 Å². The highest BCUT2D eigenvalue weighted by molar-refractivity contribution is 6.00. The highest BCUT2D eigenvalue weighted by Crippen LogP contribution is 2.27. The zero-order chi connectivity index (χ0) is 24.4. The van der Waals surface area contributed by atoms with Crippen molar-refractivity contribution >= 4 is 35.0 Å². The van der Waals surface area contributed by atoms with Crippen molar-refractivity contribution in [3.05, 3.63) is 65.9 Å². The smallest absolute Gasteiger partial charge is 0.228 e. The number of nitrogens with zero attached hydrogens (tertiary/aromatic N) is 6. The number of anilines is 4. The topological polar surface area (TPSA) is 94.6 Å². The fraction of sp³-hybridized carbons (Fsp3) is 0.346. The molecule has 0 radical (unpaired) electrons. The Kier molecular flexibility index (Phi) is 6.31. The lowest BCUT2D eigenvalue weighted by molar-refractivity contribution is -0.136. The third-order valence-corrected chi connectivity index (χ3v) is 6.53. The van der Waals surface area contributed by atoms with Crippen LogP contribution >= 0.6 is 0 Å². The lowest BCUT2D eigenvalue weighted by atomic mass is 10.1. The van der Waals surface area contributed by atoms with Crippen molar-refractivity contribution < 1.29 is 9.59 Å². The second kappa shape index (κ2) is 9.69. The molecule has 1 aromatic carbocycles. The molecule has 0 bridgehead atoms. The molecule has 1 N–H and O–H groups in total. The molecule has 35 heavy (non-hydrogen) atoms. The normalized spacial score (nSPS) is 18.2. The quantitative estimate of drug-likeness (QED) is 0.611. The van der Waals surface area contributed by atoms with Gasteiger partial charge in [-0.2, -0.15) is 0 Å². The summed E-state index contributed by atoms with van der Waals surface area (Å²) in [7, 11) is 0. The number of amides is 2. The molecule has 0 aliphatic carbocycles. The second-order valence-corrected chi connectivity index (χ2v) is 9.12. The molecule has 2 amide bonds. The van der Waals surface area contributed by atoms with Crippen LogP contribution < -0.4 is 15.1 Å². The highest BCUT2D eigenvalue weighted by atomic mass is 16.2. The van der Waals surface area contributed by atoms with E-state index in [4.69, 9.17) is 0 Å². The summed E-state index contributed by atoms with van der Waals surface area (Å²) in [6.07, 6.45) is 0.267. The molecular formula is C26H29N7O2. The number of carbonyl (C=O) groups is 2. The number of aromatic nitrogens is 3. The number of piperazine rings is 1. The molecule has 9 heteroatoms. The highest BCUT2D eigenvalue weighted by Gasteiger charge is 2.38. The molecule has 4 heterocycles. The van der Waals surface area contributed by atoms with Crippen LogP contribution in [0.5, 0.6) is 0 Å². The summed E-state index contributed by atoms with van der Waals surface area (Å²) < 4.78 is 0. The van der Waals surface area contributed by atoms with Crippen molar-refractivity contribution in [3.63, 3.8) is 0 Å². The molecule has 180 valence electrons. The van der Waals surface area contributed by atoms with Crippen molar-refractivity contribution in [2.75, 3.05) is 47.8 Å². The van der Waals surface area contributed by atoms with Gasteiger partial charge in [0.1, 0.15) is 5.82 Å². The fourth-order valence-electron chi connectivity index (χ4n) is 4.57.